The van der Waals surface area contributed by atoms with Crippen molar-refractivity contribution >= 4 is 27.5 Å². The highest BCUT2D eigenvalue weighted by atomic mass is 32.2. The van der Waals surface area contributed by atoms with Gasteiger partial charge in [0.2, 0.25) is 11.8 Å². The molecule has 1 N–H and O–H groups in total. The van der Waals surface area contributed by atoms with E-state index in [2.05, 4.69) is 5.32 Å². The van der Waals surface area contributed by atoms with Crippen LogP contribution in [0.3, 0.4) is 0 Å². The van der Waals surface area contributed by atoms with Crippen LogP contribution in [-0.2, 0) is 26.2 Å². The van der Waals surface area contributed by atoms with E-state index in [0.29, 0.717) is 12.2 Å². The van der Waals surface area contributed by atoms with Crippen molar-refractivity contribution in [2.24, 2.45) is 0 Å². The van der Waals surface area contributed by atoms with Gasteiger partial charge in [-0.3, -0.25) is 13.9 Å². The van der Waals surface area contributed by atoms with Crippen LogP contribution in [0, 0.1) is 20.8 Å². The lowest BCUT2D eigenvalue weighted by molar-refractivity contribution is -0.139. The van der Waals surface area contributed by atoms with Crippen molar-refractivity contribution in [1.82, 2.24) is 10.2 Å². The molecule has 0 spiro atoms. The normalized spacial score (nSPS) is 12.0. The molecular formula is C31H39N3O4S. The highest BCUT2D eigenvalue weighted by Crippen LogP contribution is 2.25. The average Bonchev–Trinajstić information content (AvgIpc) is 2.90. The Morgan fingerprint density at radius 2 is 1.51 bits per heavy atom. The molecule has 0 aliphatic heterocycles. The van der Waals surface area contributed by atoms with Gasteiger partial charge in [0.25, 0.3) is 10.0 Å². The van der Waals surface area contributed by atoms with E-state index in [-0.39, 0.29) is 17.3 Å². The molecule has 0 saturated carbocycles. The molecule has 3 aromatic rings. The van der Waals surface area contributed by atoms with Gasteiger partial charge in [-0.15, -0.1) is 0 Å². The van der Waals surface area contributed by atoms with Gasteiger partial charge in [0.05, 0.1) is 10.6 Å². The summed E-state index contributed by atoms with van der Waals surface area (Å²) in [5.41, 5.74) is 4.08. The number of nitrogens with one attached hydrogen (secondary N) is 1. The first-order chi connectivity index (χ1) is 18.5. The first-order valence-electron chi connectivity index (χ1n) is 13.3. The molecule has 3 aromatic carbocycles. The average molecular weight is 550 g/mol. The van der Waals surface area contributed by atoms with E-state index in [1.807, 2.05) is 58.0 Å². The van der Waals surface area contributed by atoms with E-state index in [1.54, 1.807) is 49.4 Å². The SMILES string of the molecule is CCCCNC(=O)[C@H](C)N(Cc1cccc(C)c1)C(=O)CN(c1cccc(C)c1)S(=O)(=O)c1ccc(C)cc1. The van der Waals surface area contributed by atoms with Gasteiger partial charge in [0, 0.05) is 13.1 Å². The summed E-state index contributed by atoms with van der Waals surface area (Å²) in [7, 11) is -4.07. The van der Waals surface area contributed by atoms with Crippen LogP contribution in [0.15, 0.2) is 77.7 Å². The number of unbranched alkanes of at least 4 members (excludes halogenated alkanes) is 1. The van der Waals surface area contributed by atoms with Crippen molar-refractivity contribution in [3.8, 4) is 0 Å². The molecule has 0 heterocycles. The first-order valence-corrected chi connectivity index (χ1v) is 14.8. The summed E-state index contributed by atoms with van der Waals surface area (Å²) in [6.45, 7) is 9.68. The molecule has 3 rings (SSSR count). The molecule has 0 aliphatic rings. The second kappa shape index (κ2) is 13.4. The van der Waals surface area contributed by atoms with E-state index >= 15 is 0 Å². The maximum Gasteiger partial charge on any atom is 0.264 e. The molecule has 0 fully saturated rings. The number of anilines is 1. The van der Waals surface area contributed by atoms with Gasteiger partial charge in [-0.05, 0) is 69.5 Å². The maximum absolute atomic E-state index is 13.9. The molecule has 8 heteroatoms. The van der Waals surface area contributed by atoms with Crippen LogP contribution in [0.2, 0.25) is 0 Å². The lowest BCUT2D eigenvalue weighted by Crippen LogP contribution is -2.51. The van der Waals surface area contributed by atoms with E-state index in [9.17, 15) is 18.0 Å². The number of sulfonamides is 1. The zero-order valence-corrected chi connectivity index (χ0v) is 24.3. The molecule has 1 atom stereocenters. The Kier molecular flexibility index (Phi) is 10.3. The van der Waals surface area contributed by atoms with Crippen molar-refractivity contribution < 1.29 is 18.0 Å². The van der Waals surface area contributed by atoms with Gasteiger partial charge >= 0.3 is 0 Å². The van der Waals surface area contributed by atoms with Gasteiger partial charge < -0.3 is 10.2 Å². The highest BCUT2D eigenvalue weighted by Gasteiger charge is 2.32. The second-order valence-electron chi connectivity index (χ2n) is 9.99. The van der Waals surface area contributed by atoms with E-state index in [0.717, 1.165) is 39.4 Å². The van der Waals surface area contributed by atoms with Crippen molar-refractivity contribution in [3.05, 3.63) is 95.1 Å². The number of carbonyl (C=O) groups excluding carboxylic acids is 2. The fraction of sp³-hybridized carbons (Fsp3) is 0.355. The Labute approximate surface area is 232 Å². The fourth-order valence-corrected chi connectivity index (χ4v) is 5.68. The topological polar surface area (TPSA) is 86.8 Å². The minimum absolute atomic E-state index is 0.0954. The summed E-state index contributed by atoms with van der Waals surface area (Å²) in [5.74, 6) is -0.736. The molecule has 2 amide bonds. The van der Waals surface area contributed by atoms with E-state index in [4.69, 9.17) is 0 Å². The monoisotopic (exact) mass is 549 g/mol. The summed E-state index contributed by atoms with van der Waals surface area (Å²) in [5, 5.41) is 2.91. The quantitative estimate of drug-likeness (QED) is 0.317. The number of amides is 2. The van der Waals surface area contributed by atoms with E-state index in [1.165, 1.54) is 4.90 Å². The fourth-order valence-electron chi connectivity index (χ4n) is 4.28. The number of nitrogens with zero attached hydrogens (tertiary/aromatic N) is 2. The van der Waals surface area contributed by atoms with Crippen LogP contribution < -0.4 is 9.62 Å². The Hall–Kier alpha value is -3.65. The second-order valence-corrected chi connectivity index (χ2v) is 11.9. The number of hydrogen-bond donors (Lipinski definition) is 1. The van der Waals surface area contributed by atoms with Crippen LogP contribution in [0.1, 0.15) is 48.9 Å². The maximum atomic E-state index is 13.9. The number of rotatable bonds is 12. The van der Waals surface area contributed by atoms with Crippen molar-refractivity contribution in [2.45, 2.75) is 64.9 Å². The van der Waals surface area contributed by atoms with Crippen molar-refractivity contribution in [1.29, 1.82) is 0 Å². The van der Waals surface area contributed by atoms with Gasteiger partial charge in [-0.2, -0.15) is 0 Å². The van der Waals surface area contributed by atoms with Crippen LogP contribution in [0.4, 0.5) is 5.69 Å². The smallest absolute Gasteiger partial charge is 0.264 e. The minimum Gasteiger partial charge on any atom is -0.354 e. The third-order valence-corrected chi connectivity index (χ3v) is 8.40. The Bertz CT molecular complexity index is 1390. The summed E-state index contributed by atoms with van der Waals surface area (Å²) >= 11 is 0. The molecule has 0 saturated heterocycles. The first kappa shape index (κ1) is 29.9. The van der Waals surface area contributed by atoms with Gasteiger partial charge in [0.15, 0.2) is 0 Å². The Morgan fingerprint density at radius 3 is 2.13 bits per heavy atom. The summed E-state index contributed by atoms with van der Waals surface area (Å²) in [4.78, 5) is 28.5. The van der Waals surface area contributed by atoms with Gasteiger partial charge in [0.1, 0.15) is 12.6 Å². The Morgan fingerprint density at radius 1 is 0.872 bits per heavy atom. The molecule has 0 radical (unpaired) electrons. The third-order valence-electron chi connectivity index (χ3n) is 6.61. The lowest BCUT2D eigenvalue weighted by Gasteiger charge is -2.32. The van der Waals surface area contributed by atoms with Crippen molar-refractivity contribution in [3.63, 3.8) is 0 Å². The Balaban J connectivity index is 2.00. The standard InChI is InChI=1S/C31H39N3O4S/c1-6-7-18-32-31(36)26(5)33(21-27-12-8-10-24(3)19-27)30(35)22-34(28-13-9-11-25(4)20-28)39(37,38)29-16-14-23(2)15-17-29/h8-17,19-20,26H,6-7,18,21-22H2,1-5H3,(H,32,36)/t26-/m0/s1. The van der Waals surface area contributed by atoms with Crippen LogP contribution in [0.5, 0.6) is 0 Å². The molecule has 0 unspecified atom stereocenters. The summed E-state index contributed by atoms with van der Waals surface area (Å²) in [6, 6.07) is 20.5. The predicted molar refractivity (Wildman–Crippen MR) is 156 cm³/mol. The van der Waals surface area contributed by atoms with Gasteiger partial charge in [-0.25, -0.2) is 8.42 Å². The van der Waals surface area contributed by atoms with Crippen molar-refractivity contribution in [2.75, 3.05) is 17.4 Å². The zero-order valence-electron chi connectivity index (χ0n) is 23.5. The summed E-state index contributed by atoms with van der Waals surface area (Å²) in [6.07, 6.45) is 1.77. The number of hydrogen-bond acceptors (Lipinski definition) is 4. The molecule has 208 valence electrons. The highest BCUT2D eigenvalue weighted by molar-refractivity contribution is 7.92. The minimum atomic E-state index is -4.07. The number of aryl methyl sites for hydroxylation is 3. The number of carbonyl (C=O) groups is 2. The lowest BCUT2D eigenvalue weighted by atomic mass is 10.1. The molecule has 0 bridgehead atoms. The molecular weight excluding hydrogens is 510 g/mol. The molecule has 7 nitrogen and oxygen atoms in total. The third kappa shape index (κ3) is 7.93. The molecule has 0 aliphatic carbocycles. The van der Waals surface area contributed by atoms with Gasteiger partial charge in [-0.1, -0.05) is 73.0 Å². The summed E-state index contributed by atoms with van der Waals surface area (Å²) < 4.78 is 28.9. The predicted octanol–water partition coefficient (Wildman–Crippen LogP) is 5.14. The number of benzene rings is 3. The zero-order chi connectivity index (χ0) is 28.6. The van der Waals surface area contributed by atoms with Crippen LogP contribution in [-0.4, -0.2) is 44.3 Å². The largest absolute Gasteiger partial charge is 0.354 e. The van der Waals surface area contributed by atoms with E-state index < -0.39 is 28.5 Å². The molecule has 39 heavy (non-hydrogen) atoms. The van der Waals surface area contributed by atoms with Crippen LogP contribution >= 0.6 is 0 Å². The van der Waals surface area contributed by atoms with Crippen LogP contribution in [0.25, 0.3) is 0 Å². The molecule has 0 aromatic heterocycles.